The van der Waals surface area contributed by atoms with Crippen molar-refractivity contribution in [2.24, 2.45) is 0 Å². The van der Waals surface area contributed by atoms with Gasteiger partial charge in [0.05, 0.1) is 12.1 Å². The van der Waals surface area contributed by atoms with Gasteiger partial charge in [0.25, 0.3) is 11.8 Å². The Morgan fingerprint density at radius 2 is 1.82 bits per heavy atom. The Morgan fingerprint density at radius 1 is 1.18 bits per heavy atom. The topological polar surface area (TPSA) is 57.7 Å². The summed E-state index contributed by atoms with van der Waals surface area (Å²) in [6.45, 7) is 5.75. The summed E-state index contributed by atoms with van der Waals surface area (Å²) in [5.74, 6) is -0.853. The molecule has 0 spiro atoms. The van der Waals surface area contributed by atoms with Crippen LogP contribution in [0.4, 0.5) is 5.69 Å². The lowest BCUT2D eigenvalue weighted by Crippen LogP contribution is -2.49. The zero-order valence-electron chi connectivity index (χ0n) is 16.2. The molecule has 1 saturated heterocycles. The fourth-order valence-electron chi connectivity index (χ4n) is 3.49. The van der Waals surface area contributed by atoms with Crippen molar-refractivity contribution >= 4 is 39.3 Å². The fourth-order valence-corrected chi connectivity index (χ4v) is 3.76. The lowest BCUT2D eigenvalue weighted by Gasteiger charge is -2.33. The molecule has 0 aliphatic carbocycles. The van der Waals surface area contributed by atoms with Crippen molar-refractivity contribution in [2.45, 2.75) is 45.7 Å². The molecular weight excluding hydrogens is 420 g/mol. The summed E-state index contributed by atoms with van der Waals surface area (Å²) in [5.41, 5.74) is 1.93. The molecule has 1 fully saturated rings. The van der Waals surface area contributed by atoms with Crippen molar-refractivity contribution in [3.63, 3.8) is 0 Å². The van der Waals surface area contributed by atoms with Gasteiger partial charge in [-0.05, 0) is 56.2 Å². The first-order valence-corrected chi connectivity index (χ1v) is 10.1. The summed E-state index contributed by atoms with van der Waals surface area (Å²) in [4.78, 5) is 42.0. The minimum atomic E-state index is -0.793. The van der Waals surface area contributed by atoms with Gasteiger partial charge in [-0.1, -0.05) is 41.1 Å². The number of carbonyl (C=O) groups is 3. The van der Waals surface area contributed by atoms with E-state index in [-0.39, 0.29) is 30.2 Å². The van der Waals surface area contributed by atoms with Crippen LogP contribution in [-0.4, -0.2) is 34.7 Å². The molecule has 2 unspecified atom stereocenters. The van der Waals surface area contributed by atoms with E-state index in [4.69, 9.17) is 0 Å². The number of benzene rings is 2. The fraction of sp³-hybridized carbons (Fsp3) is 0.318. The second kappa shape index (κ2) is 8.27. The van der Waals surface area contributed by atoms with Crippen molar-refractivity contribution in [1.82, 2.24) is 4.90 Å². The molecule has 2 aromatic carbocycles. The molecule has 5 nitrogen and oxygen atoms in total. The third kappa shape index (κ3) is 3.74. The van der Waals surface area contributed by atoms with Gasteiger partial charge in [-0.15, -0.1) is 0 Å². The van der Waals surface area contributed by atoms with Crippen LogP contribution in [0.2, 0.25) is 0 Å². The average molecular weight is 443 g/mol. The molecule has 28 heavy (non-hydrogen) atoms. The van der Waals surface area contributed by atoms with Crippen LogP contribution in [0.1, 0.15) is 42.6 Å². The molecule has 0 saturated carbocycles. The highest BCUT2D eigenvalue weighted by Crippen LogP contribution is 2.29. The second-order valence-corrected chi connectivity index (χ2v) is 7.96. The van der Waals surface area contributed by atoms with Gasteiger partial charge >= 0.3 is 0 Å². The first-order chi connectivity index (χ1) is 13.3. The Labute approximate surface area is 173 Å². The van der Waals surface area contributed by atoms with Crippen molar-refractivity contribution < 1.29 is 14.4 Å². The first-order valence-electron chi connectivity index (χ1n) is 9.35. The summed E-state index contributed by atoms with van der Waals surface area (Å²) >= 11 is 3.36. The van der Waals surface area contributed by atoms with Crippen LogP contribution in [0.15, 0.2) is 53.0 Å². The van der Waals surface area contributed by atoms with E-state index in [1.165, 1.54) is 4.90 Å². The highest BCUT2D eigenvalue weighted by atomic mass is 79.9. The van der Waals surface area contributed by atoms with Crippen LogP contribution in [-0.2, 0) is 9.59 Å². The lowest BCUT2D eigenvalue weighted by atomic mass is 10.0. The van der Waals surface area contributed by atoms with Gasteiger partial charge < -0.3 is 4.90 Å². The summed E-state index contributed by atoms with van der Waals surface area (Å²) in [6, 6.07) is 13.4. The van der Waals surface area contributed by atoms with Crippen molar-refractivity contribution in [2.75, 3.05) is 4.90 Å². The predicted octanol–water partition coefficient (Wildman–Crippen LogP) is 4.33. The third-order valence-electron chi connectivity index (χ3n) is 5.22. The molecule has 1 aliphatic heterocycles. The Bertz CT molecular complexity index is 910. The number of hydrogen-bond donors (Lipinski definition) is 0. The Balaban J connectivity index is 1.96. The number of nitrogens with zero attached hydrogens (tertiary/aromatic N) is 2. The van der Waals surface area contributed by atoms with E-state index < -0.39 is 6.04 Å². The summed E-state index contributed by atoms with van der Waals surface area (Å²) in [5, 5.41) is 0. The molecule has 0 bridgehead atoms. The molecule has 6 heteroatoms. The molecule has 2 atom stereocenters. The SMILES string of the molecule is CCC(C)N(C(=O)c1ccccc1C)C1CC(=O)N(c2ccc(Br)cc2)C1=O. The van der Waals surface area contributed by atoms with Crippen LogP contribution in [0.25, 0.3) is 0 Å². The number of rotatable bonds is 5. The Kier molecular flexibility index (Phi) is 5.98. The van der Waals surface area contributed by atoms with Gasteiger partial charge in [0.15, 0.2) is 0 Å². The average Bonchev–Trinajstić information content (AvgIpc) is 2.97. The van der Waals surface area contributed by atoms with Crippen LogP contribution in [0, 0.1) is 6.92 Å². The van der Waals surface area contributed by atoms with E-state index in [0.29, 0.717) is 17.7 Å². The van der Waals surface area contributed by atoms with Crippen LogP contribution < -0.4 is 4.90 Å². The molecule has 1 aliphatic rings. The van der Waals surface area contributed by atoms with E-state index in [1.807, 2.05) is 39.0 Å². The van der Waals surface area contributed by atoms with Gasteiger partial charge in [0.1, 0.15) is 6.04 Å². The number of amides is 3. The monoisotopic (exact) mass is 442 g/mol. The number of imide groups is 1. The molecule has 1 heterocycles. The van der Waals surface area contributed by atoms with E-state index in [9.17, 15) is 14.4 Å². The molecule has 0 aromatic heterocycles. The van der Waals surface area contributed by atoms with Crippen molar-refractivity contribution in [3.8, 4) is 0 Å². The predicted molar refractivity (Wildman–Crippen MR) is 112 cm³/mol. The maximum Gasteiger partial charge on any atom is 0.257 e. The van der Waals surface area contributed by atoms with Gasteiger partial charge in [-0.3, -0.25) is 14.4 Å². The maximum atomic E-state index is 13.3. The van der Waals surface area contributed by atoms with Gasteiger partial charge in [-0.2, -0.15) is 0 Å². The van der Waals surface area contributed by atoms with Gasteiger partial charge in [0, 0.05) is 16.1 Å². The summed E-state index contributed by atoms with van der Waals surface area (Å²) < 4.78 is 0.864. The Morgan fingerprint density at radius 3 is 2.43 bits per heavy atom. The molecule has 2 aromatic rings. The van der Waals surface area contributed by atoms with Crippen LogP contribution >= 0.6 is 15.9 Å². The molecule has 0 radical (unpaired) electrons. The minimum absolute atomic E-state index is 0.00312. The summed E-state index contributed by atoms with van der Waals surface area (Å²) in [7, 11) is 0. The largest absolute Gasteiger partial charge is 0.323 e. The second-order valence-electron chi connectivity index (χ2n) is 7.05. The number of carbonyl (C=O) groups excluding carboxylic acids is 3. The Hall–Kier alpha value is -2.47. The van der Waals surface area contributed by atoms with E-state index in [2.05, 4.69) is 15.9 Å². The maximum absolute atomic E-state index is 13.3. The van der Waals surface area contributed by atoms with Crippen LogP contribution in [0.3, 0.4) is 0 Å². The van der Waals surface area contributed by atoms with Crippen molar-refractivity contribution in [3.05, 3.63) is 64.1 Å². The summed E-state index contributed by atoms with van der Waals surface area (Å²) in [6.07, 6.45) is 0.685. The lowest BCUT2D eigenvalue weighted by molar-refractivity contribution is -0.122. The first kappa shape index (κ1) is 20.3. The standard InChI is InChI=1S/C22H23BrN2O3/c1-4-15(3)24(21(27)18-8-6-5-7-14(18)2)19-13-20(26)25(22(19)28)17-11-9-16(23)10-12-17/h5-12,15,19H,4,13H2,1-3H3. The quantitative estimate of drug-likeness (QED) is 0.647. The molecule has 3 amide bonds. The number of halogens is 1. The van der Waals surface area contributed by atoms with Gasteiger partial charge in [-0.25, -0.2) is 4.90 Å². The number of aryl methyl sites for hydroxylation is 1. The molecular formula is C22H23BrN2O3. The van der Waals surface area contributed by atoms with Crippen LogP contribution in [0.5, 0.6) is 0 Å². The molecule has 0 N–H and O–H groups in total. The normalized spacial score (nSPS) is 17.7. The zero-order valence-corrected chi connectivity index (χ0v) is 17.8. The van der Waals surface area contributed by atoms with E-state index >= 15 is 0 Å². The third-order valence-corrected chi connectivity index (χ3v) is 5.75. The van der Waals surface area contributed by atoms with E-state index in [0.717, 1.165) is 10.0 Å². The highest BCUT2D eigenvalue weighted by Gasteiger charge is 2.45. The number of hydrogen-bond acceptors (Lipinski definition) is 3. The zero-order chi connectivity index (χ0) is 20.4. The molecule has 3 rings (SSSR count). The van der Waals surface area contributed by atoms with Gasteiger partial charge in [0.2, 0.25) is 5.91 Å². The number of anilines is 1. The highest BCUT2D eigenvalue weighted by molar-refractivity contribution is 9.10. The van der Waals surface area contributed by atoms with Crippen molar-refractivity contribution in [1.29, 1.82) is 0 Å². The smallest absolute Gasteiger partial charge is 0.257 e. The van der Waals surface area contributed by atoms with E-state index in [1.54, 1.807) is 35.2 Å². The molecule has 146 valence electrons. The minimum Gasteiger partial charge on any atom is -0.323 e.